The number of rotatable bonds is 2. The van der Waals surface area contributed by atoms with Gasteiger partial charge in [0.15, 0.2) is 0 Å². The zero-order valence-corrected chi connectivity index (χ0v) is 10.8. The van der Waals surface area contributed by atoms with Crippen molar-refractivity contribution in [3.63, 3.8) is 0 Å². The summed E-state index contributed by atoms with van der Waals surface area (Å²) < 4.78 is 1.11. The van der Waals surface area contributed by atoms with Gasteiger partial charge in [-0.05, 0) is 18.9 Å². The van der Waals surface area contributed by atoms with Gasteiger partial charge in [-0.3, -0.25) is 9.59 Å². The quantitative estimate of drug-likeness (QED) is 0.849. The lowest BCUT2D eigenvalue weighted by Crippen LogP contribution is -2.49. The average molecular weight is 260 g/mol. The molecule has 0 atom stereocenters. The van der Waals surface area contributed by atoms with E-state index in [1.807, 2.05) is 0 Å². The first-order valence-corrected chi connectivity index (χ1v) is 6.34. The first kappa shape index (κ1) is 13.3. The highest BCUT2D eigenvalue weighted by Crippen LogP contribution is 2.27. The smallest absolute Gasteiger partial charge is 0.272 e. The lowest BCUT2D eigenvalue weighted by Gasteiger charge is -2.31. The number of hydrogen-bond donors (Lipinski definition) is 1. The molecule has 19 heavy (non-hydrogen) atoms. The second-order valence-corrected chi connectivity index (χ2v) is 4.89. The number of amides is 1. The maximum atomic E-state index is 12.1. The predicted octanol–water partition coefficient (Wildman–Crippen LogP) is 0.737. The van der Waals surface area contributed by atoms with E-state index in [2.05, 4.69) is 16.5 Å². The molecular weight excluding hydrogens is 244 g/mol. The Bertz CT molecular complexity index is 579. The zero-order chi connectivity index (χ0) is 13.9. The molecule has 0 spiro atoms. The normalized spacial score (nSPS) is 17.5. The molecule has 6 nitrogen and oxygen atoms in total. The van der Waals surface area contributed by atoms with Crippen LogP contribution in [0, 0.1) is 11.3 Å². The van der Waals surface area contributed by atoms with Crippen molar-refractivity contribution in [1.82, 2.24) is 15.1 Å². The molecule has 1 fully saturated rings. The van der Waals surface area contributed by atoms with Gasteiger partial charge in [-0.25, -0.2) is 4.68 Å². The van der Waals surface area contributed by atoms with E-state index in [-0.39, 0.29) is 11.3 Å². The van der Waals surface area contributed by atoms with E-state index in [1.54, 1.807) is 0 Å². The molecule has 0 radical (unpaired) electrons. The van der Waals surface area contributed by atoms with E-state index < -0.39 is 11.4 Å². The fourth-order valence-electron chi connectivity index (χ4n) is 2.32. The molecule has 1 saturated carbocycles. The molecular formula is C13H16N4O2. The fraction of sp³-hybridized carbons (Fsp3) is 0.538. The molecule has 1 aromatic rings. The molecule has 1 amide bonds. The van der Waals surface area contributed by atoms with Crippen molar-refractivity contribution in [3.8, 4) is 6.07 Å². The van der Waals surface area contributed by atoms with E-state index in [4.69, 9.17) is 0 Å². The highest BCUT2D eigenvalue weighted by atomic mass is 16.2. The Kier molecular flexibility index (Phi) is 3.65. The third-order valence-electron chi connectivity index (χ3n) is 3.47. The summed E-state index contributed by atoms with van der Waals surface area (Å²) in [5, 5.41) is 15.9. The summed E-state index contributed by atoms with van der Waals surface area (Å²) in [5.41, 5.74) is -0.905. The van der Waals surface area contributed by atoms with Crippen LogP contribution in [0.25, 0.3) is 0 Å². The molecule has 1 heterocycles. The van der Waals surface area contributed by atoms with Gasteiger partial charge in [-0.2, -0.15) is 10.4 Å². The molecule has 2 rings (SSSR count). The lowest BCUT2D eigenvalue weighted by molar-refractivity contribution is 0.0895. The highest BCUT2D eigenvalue weighted by molar-refractivity contribution is 5.92. The van der Waals surface area contributed by atoms with Gasteiger partial charge in [0.2, 0.25) is 0 Å². The first-order valence-electron chi connectivity index (χ1n) is 6.34. The number of nitrogens with one attached hydrogen (secondary N) is 1. The van der Waals surface area contributed by atoms with Crippen molar-refractivity contribution in [3.05, 3.63) is 28.2 Å². The second-order valence-electron chi connectivity index (χ2n) is 4.89. The SMILES string of the molecule is Cn1nc(C(=O)NC2(C#N)CCCCC2)ccc1=O. The Balaban J connectivity index is 2.18. The number of carbonyl (C=O) groups is 1. The summed E-state index contributed by atoms with van der Waals surface area (Å²) >= 11 is 0. The largest absolute Gasteiger partial charge is 0.332 e. The summed E-state index contributed by atoms with van der Waals surface area (Å²) in [6.45, 7) is 0. The van der Waals surface area contributed by atoms with Gasteiger partial charge in [0, 0.05) is 13.1 Å². The molecule has 0 aromatic carbocycles. The van der Waals surface area contributed by atoms with E-state index >= 15 is 0 Å². The zero-order valence-electron chi connectivity index (χ0n) is 10.8. The minimum atomic E-state index is -0.786. The summed E-state index contributed by atoms with van der Waals surface area (Å²) in [5.74, 6) is -0.404. The van der Waals surface area contributed by atoms with Gasteiger partial charge in [-0.1, -0.05) is 19.3 Å². The molecule has 6 heteroatoms. The van der Waals surface area contributed by atoms with Crippen LogP contribution in [0.15, 0.2) is 16.9 Å². The van der Waals surface area contributed by atoms with Gasteiger partial charge in [-0.15, -0.1) is 0 Å². The summed E-state index contributed by atoms with van der Waals surface area (Å²) in [7, 11) is 1.49. The Morgan fingerprint density at radius 2 is 2.11 bits per heavy atom. The molecule has 0 unspecified atom stereocenters. The third-order valence-corrected chi connectivity index (χ3v) is 3.47. The number of hydrogen-bond acceptors (Lipinski definition) is 4. The predicted molar refractivity (Wildman–Crippen MR) is 68.4 cm³/mol. The monoisotopic (exact) mass is 260 g/mol. The Labute approximate surface area is 111 Å². The van der Waals surface area contributed by atoms with Crippen LogP contribution in [0.3, 0.4) is 0 Å². The molecule has 0 bridgehead atoms. The molecule has 1 N–H and O–H groups in total. The number of aromatic nitrogens is 2. The molecule has 1 aliphatic carbocycles. The van der Waals surface area contributed by atoms with Crippen LogP contribution in [0.1, 0.15) is 42.6 Å². The van der Waals surface area contributed by atoms with Crippen LogP contribution >= 0.6 is 0 Å². The van der Waals surface area contributed by atoms with Gasteiger partial charge < -0.3 is 5.32 Å². The Hall–Kier alpha value is -2.16. The molecule has 0 aliphatic heterocycles. The minimum absolute atomic E-state index is 0.155. The third kappa shape index (κ3) is 2.81. The average Bonchev–Trinajstić information content (AvgIpc) is 2.43. The van der Waals surface area contributed by atoms with E-state index in [9.17, 15) is 14.9 Å². The standard InChI is InChI=1S/C13H16N4O2/c1-17-11(18)6-5-10(16-17)12(19)15-13(9-14)7-3-2-4-8-13/h5-6H,2-4,7-8H2,1H3,(H,15,19). The van der Waals surface area contributed by atoms with Crippen LogP contribution in [0.5, 0.6) is 0 Å². The Morgan fingerprint density at radius 1 is 1.42 bits per heavy atom. The van der Waals surface area contributed by atoms with Gasteiger partial charge in [0.25, 0.3) is 11.5 Å². The summed E-state index contributed by atoms with van der Waals surface area (Å²) in [6.07, 6.45) is 4.31. The summed E-state index contributed by atoms with van der Waals surface area (Å²) in [4.78, 5) is 23.3. The van der Waals surface area contributed by atoms with E-state index in [1.165, 1.54) is 19.2 Å². The molecule has 0 saturated heterocycles. The lowest BCUT2D eigenvalue weighted by atomic mass is 9.83. The second kappa shape index (κ2) is 5.22. The van der Waals surface area contributed by atoms with Crippen LogP contribution in [-0.2, 0) is 7.05 Å². The van der Waals surface area contributed by atoms with Crippen molar-refractivity contribution in [2.45, 2.75) is 37.6 Å². The van der Waals surface area contributed by atoms with E-state index in [0.29, 0.717) is 12.8 Å². The van der Waals surface area contributed by atoms with Gasteiger partial charge in [0.05, 0.1) is 6.07 Å². The maximum absolute atomic E-state index is 12.1. The van der Waals surface area contributed by atoms with Crippen LogP contribution < -0.4 is 10.9 Å². The van der Waals surface area contributed by atoms with Crippen molar-refractivity contribution in [1.29, 1.82) is 5.26 Å². The van der Waals surface area contributed by atoms with Crippen molar-refractivity contribution < 1.29 is 4.79 Å². The van der Waals surface area contributed by atoms with Crippen LogP contribution in [0.4, 0.5) is 0 Å². The first-order chi connectivity index (χ1) is 9.06. The topological polar surface area (TPSA) is 87.8 Å². The summed E-state index contributed by atoms with van der Waals surface area (Å²) in [6, 6.07) is 4.89. The van der Waals surface area contributed by atoms with Crippen molar-refractivity contribution in [2.75, 3.05) is 0 Å². The van der Waals surface area contributed by atoms with Crippen molar-refractivity contribution >= 4 is 5.91 Å². The number of nitriles is 1. The highest BCUT2D eigenvalue weighted by Gasteiger charge is 2.34. The van der Waals surface area contributed by atoms with Gasteiger partial charge in [0.1, 0.15) is 11.2 Å². The number of carbonyl (C=O) groups excluding carboxylic acids is 1. The van der Waals surface area contributed by atoms with Crippen molar-refractivity contribution in [2.24, 2.45) is 7.05 Å². The number of nitrogens with zero attached hydrogens (tertiary/aromatic N) is 3. The van der Waals surface area contributed by atoms with Crippen LogP contribution in [-0.4, -0.2) is 21.2 Å². The fourth-order valence-corrected chi connectivity index (χ4v) is 2.32. The van der Waals surface area contributed by atoms with Crippen LogP contribution in [0.2, 0.25) is 0 Å². The Morgan fingerprint density at radius 3 is 2.68 bits per heavy atom. The number of aryl methyl sites for hydroxylation is 1. The maximum Gasteiger partial charge on any atom is 0.272 e. The van der Waals surface area contributed by atoms with E-state index in [0.717, 1.165) is 23.9 Å². The van der Waals surface area contributed by atoms with Gasteiger partial charge >= 0.3 is 0 Å². The molecule has 100 valence electrons. The minimum Gasteiger partial charge on any atom is -0.332 e. The molecule has 1 aliphatic rings. The molecule has 1 aromatic heterocycles.